The number of nitrogens with two attached hydrogens (primary N) is 1. The summed E-state index contributed by atoms with van der Waals surface area (Å²) in [6.45, 7) is 7.25. The molecule has 0 saturated carbocycles. The Labute approximate surface area is 191 Å². The fourth-order valence-corrected chi connectivity index (χ4v) is 4.32. The van der Waals surface area contributed by atoms with Crippen LogP contribution in [0.15, 0.2) is 6.33 Å². The van der Waals surface area contributed by atoms with E-state index in [1.165, 1.54) is 89.9 Å². The van der Waals surface area contributed by atoms with Gasteiger partial charge in [0.25, 0.3) is 0 Å². The van der Waals surface area contributed by atoms with E-state index in [1.807, 2.05) is 0 Å². The zero-order valence-corrected chi connectivity index (χ0v) is 20.4. The molecule has 2 heterocycles. The Morgan fingerprint density at radius 3 is 1.84 bits per heavy atom. The molecule has 1 fully saturated rings. The zero-order chi connectivity index (χ0) is 22.2. The molecule has 0 amide bonds. The Morgan fingerprint density at radius 2 is 1.29 bits per heavy atom. The van der Waals surface area contributed by atoms with Crippen LogP contribution in [0.4, 0.5) is 17.3 Å². The van der Waals surface area contributed by atoms with Crippen molar-refractivity contribution in [2.45, 2.75) is 96.8 Å². The molecule has 1 aromatic heterocycles. The lowest BCUT2D eigenvalue weighted by Crippen LogP contribution is -2.45. The molecule has 0 spiro atoms. The van der Waals surface area contributed by atoms with Gasteiger partial charge in [-0.2, -0.15) is 0 Å². The first-order valence-electron chi connectivity index (χ1n) is 13.0. The molecule has 31 heavy (non-hydrogen) atoms. The highest BCUT2D eigenvalue weighted by Crippen LogP contribution is 2.26. The number of unbranched alkanes of at least 4 members (excludes halogenated alkanes) is 13. The Kier molecular flexibility index (Phi) is 13.4. The van der Waals surface area contributed by atoms with Crippen molar-refractivity contribution in [3.63, 3.8) is 0 Å². The van der Waals surface area contributed by atoms with Crippen molar-refractivity contribution in [3.05, 3.63) is 6.33 Å². The van der Waals surface area contributed by atoms with Gasteiger partial charge < -0.3 is 20.9 Å². The molecule has 1 saturated heterocycles. The normalized spacial score (nSPS) is 14.8. The fourth-order valence-electron chi connectivity index (χ4n) is 4.32. The van der Waals surface area contributed by atoms with Gasteiger partial charge in [-0.15, -0.1) is 0 Å². The van der Waals surface area contributed by atoms with Crippen molar-refractivity contribution in [2.75, 3.05) is 55.7 Å². The molecule has 0 radical (unpaired) electrons. The molecule has 2 rings (SSSR count). The molecular formula is C25H48N6. The van der Waals surface area contributed by atoms with E-state index < -0.39 is 0 Å². The number of rotatable bonds is 17. The van der Waals surface area contributed by atoms with Crippen molar-refractivity contribution < 1.29 is 0 Å². The Bertz CT molecular complexity index is 571. The third-order valence-electron chi connectivity index (χ3n) is 6.49. The van der Waals surface area contributed by atoms with Crippen LogP contribution in [0.3, 0.4) is 0 Å². The number of nitrogens with one attached hydrogen (secondary N) is 1. The van der Waals surface area contributed by atoms with Crippen LogP contribution >= 0.6 is 0 Å². The molecule has 3 N–H and O–H groups in total. The summed E-state index contributed by atoms with van der Waals surface area (Å²) < 4.78 is 0. The first-order valence-corrected chi connectivity index (χ1v) is 13.0. The molecule has 6 nitrogen and oxygen atoms in total. The van der Waals surface area contributed by atoms with Crippen molar-refractivity contribution in [3.8, 4) is 0 Å². The fraction of sp³-hybridized carbons (Fsp3) is 0.840. The quantitative estimate of drug-likeness (QED) is 0.308. The van der Waals surface area contributed by atoms with E-state index in [-0.39, 0.29) is 0 Å². The topological polar surface area (TPSA) is 70.3 Å². The molecule has 178 valence electrons. The summed E-state index contributed by atoms with van der Waals surface area (Å²) >= 11 is 0. The summed E-state index contributed by atoms with van der Waals surface area (Å²) in [5.74, 6) is 1.67. The average Bonchev–Trinajstić information content (AvgIpc) is 2.78. The number of anilines is 3. The number of hydrogen-bond acceptors (Lipinski definition) is 6. The molecule has 0 atom stereocenters. The maximum absolute atomic E-state index is 6.37. The predicted molar refractivity (Wildman–Crippen MR) is 135 cm³/mol. The molecule has 1 aromatic rings. The van der Waals surface area contributed by atoms with E-state index in [9.17, 15) is 0 Å². The molecule has 0 unspecified atom stereocenters. The largest absolute Gasteiger partial charge is 0.393 e. The number of nitrogens with zero attached hydrogens (tertiary/aromatic N) is 4. The maximum atomic E-state index is 6.37. The number of hydrogen-bond donors (Lipinski definition) is 2. The molecule has 1 aliphatic heterocycles. The van der Waals surface area contributed by atoms with Crippen molar-refractivity contribution in [1.29, 1.82) is 0 Å². The van der Waals surface area contributed by atoms with Crippen molar-refractivity contribution in [2.24, 2.45) is 0 Å². The standard InChI is InChI=1S/C25H48N6/c1-3-4-5-6-7-8-9-10-11-12-13-14-15-16-17-27-24-23(26)25(29-22-28-24)31-20-18-30(2)19-21-31/h22H,3-21,26H2,1-2H3,(H,27,28,29). The zero-order valence-electron chi connectivity index (χ0n) is 20.4. The van der Waals surface area contributed by atoms with Crippen LogP contribution in [-0.2, 0) is 0 Å². The number of piperazine rings is 1. The number of likely N-dealkylation sites (N-methyl/N-ethyl adjacent to an activating group) is 1. The highest BCUT2D eigenvalue weighted by Gasteiger charge is 2.19. The summed E-state index contributed by atoms with van der Waals surface area (Å²) in [7, 11) is 2.16. The van der Waals surface area contributed by atoms with Gasteiger partial charge in [0.05, 0.1) is 0 Å². The Morgan fingerprint density at radius 1 is 0.774 bits per heavy atom. The van der Waals surface area contributed by atoms with Gasteiger partial charge in [-0.1, -0.05) is 90.4 Å². The van der Waals surface area contributed by atoms with E-state index in [0.29, 0.717) is 5.69 Å². The molecule has 0 bridgehead atoms. The number of aromatic nitrogens is 2. The second kappa shape index (κ2) is 16.1. The average molecular weight is 433 g/mol. The van der Waals surface area contributed by atoms with Crippen molar-refractivity contribution in [1.82, 2.24) is 14.9 Å². The smallest absolute Gasteiger partial charge is 0.157 e. The Balaban J connectivity index is 1.47. The molecule has 0 aromatic carbocycles. The maximum Gasteiger partial charge on any atom is 0.157 e. The summed E-state index contributed by atoms with van der Waals surface area (Å²) in [4.78, 5) is 13.4. The van der Waals surface area contributed by atoms with Crippen LogP contribution in [0.1, 0.15) is 96.8 Å². The van der Waals surface area contributed by atoms with E-state index in [2.05, 4.69) is 39.1 Å². The highest BCUT2D eigenvalue weighted by atomic mass is 15.3. The molecule has 1 aliphatic rings. The van der Waals surface area contributed by atoms with Crippen LogP contribution in [0, 0.1) is 0 Å². The predicted octanol–water partition coefficient (Wildman–Crippen LogP) is 5.70. The van der Waals surface area contributed by atoms with Crippen molar-refractivity contribution >= 4 is 17.3 Å². The lowest BCUT2D eigenvalue weighted by molar-refractivity contribution is 0.312. The molecular weight excluding hydrogens is 384 g/mol. The summed E-state index contributed by atoms with van der Waals surface area (Å²) in [6, 6.07) is 0. The monoisotopic (exact) mass is 432 g/mol. The van der Waals surface area contributed by atoms with Gasteiger partial charge in [0.2, 0.25) is 0 Å². The van der Waals surface area contributed by atoms with E-state index in [4.69, 9.17) is 5.73 Å². The second-order valence-corrected chi connectivity index (χ2v) is 9.27. The van der Waals surface area contributed by atoms with Gasteiger partial charge in [0, 0.05) is 32.7 Å². The Hall–Kier alpha value is -1.56. The first-order chi connectivity index (χ1) is 15.2. The minimum absolute atomic E-state index is 0.692. The summed E-state index contributed by atoms with van der Waals surface area (Å²) in [5.41, 5.74) is 7.06. The molecule has 0 aliphatic carbocycles. The van der Waals surface area contributed by atoms with Gasteiger partial charge in [0.1, 0.15) is 12.0 Å². The minimum Gasteiger partial charge on any atom is -0.393 e. The third-order valence-corrected chi connectivity index (χ3v) is 6.49. The summed E-state index contributed by atoms with van der Waals surface area (Å²) in [6.07, 6.45) is 21.0. The van der Waals surface area contributed by atoms with E-state index in [1.54, 1.807) is 6.33 Å². The van der Waals surface area contributed by atoms with Crippen LogP contribution in [0.5, 0.6) is 0 Å². The SMILES string of the molecule is CCCCCCCCCCCCCCCCNc1ncnc(N2CCN(C)CC2)c1N. The lowest BCUT2D eigenvalue weighted by Gasteiger charge is -2.33. The van der Waals surface area contributed by atoms with Crippen LogP contribution < -0.4 is 16.0 Å². The van der Waals surface area contributed by atoms with Gasteiger partial charge in [-0.05, 0) is 13.5 Å². The molecule has 6 heteroatoms. The van der Waals surface area contributed by atoms with Crippen LogP contribution in [0.2, 0.25) is 0 Å². The lowest BCUT2D eigenvalue weighted by atomic mass is 10.0. The van der Waals surface area contributed by atoms with Gasteiger partial charge in [-0.25, -0.2) is 9.97 Å². The van der Waals surface area contributed by atoms with E-state index >= 15 is 0 Å². The number of nitrogen functional groups attached to an aromatic ring is 1. The third kappa shape index (κ3) is 10.5. The van der Waals surface area contributed by atoms with E-state index in [0.717, 1.165) is 44.4 Å². The van der Waals surface area contributed by atoms with Crippen LogP contribution in [0.25, 0.3) is 0 Å². The first kappa shape index (κ1) is 25.7. The minimum atomic E-state index is 0.692. The van der Waals surface area contributed by atoms with Gasteiger partial charge in [-0.3, -0.25) is 0 Å². The highest BCUT2D eigenvalue weighted by molar-refractivity contribution is 5.74. The van der Waals surface area contributed by atoms with Gasteiger partial charge >= 0.3 is 0 Å². The second-order valence-electron chi connectivity index (χ2n) is 9.27. The van der Waals surface area contributed by atoms with Crippen LogP contribution in [-0.4, -0.2) is 54.6 Å². The van der Waals surface area contributed by atoms with Gasteiger partial charge in [0.15, 0.2) is 11.6 Å². The summed E-state index contributed by atoms with van der Waals surface area (Å²) in [5, 5.41) is 3.43.